The summed E-state index contributed by atoms with van der Waals surface area (Å²) in [6, 6.07) is 8.64. The molecular formula is C10H15BrN2. The van der Waals surface area contributed by atoms with Gasteiger partial charge in [-0.1, -0.05) is 28.1 Å². The van der Waals surface area contributed by atoms with Gasteiger partial charge in [-0.05, 0) is 24.6 Å². The monoisotopic (exact) mass is 242 g/mol. The predicted molar refractivity (Wildman–Crippen MR) is 59.5 cm³/mol. The highest BCUT2D eigenvalue weighted by atomic mass is 79.9. The Labute approximate surface area is 87.6 Å². The van der Waals surface area contributed by atoms with Gasteiger partial charge in [0.05, 0.1) is 0 Å². The zero-order valence-corrected chi connectivity index (χ0v) is 9.34. The average molecular weight is 243 g/mol. The Morgan fingerprint density at radius 3 is 2.92 bits per heavy atom. The van der Waals surface area contributed by atoms with Gasteiger partial charge in [0.2, 0.25) is 0 Å². The first kappa shape index (κ1) is 10.7. The van der Waals surface area contributed by atoms with Gasteiger partial charge in [0.15, 0.2) is 0 Å². The van der Waals surface area contributed by atoms with E-state index in [1.54, 1.807) is 0 Å². The Hall–Kier alpha value is -0.380. The van der Waals surface area contributed by atoms with Crippen molar-refractivity contribution in [2.45, 2.75) is 19.5 Å². The molecule has 0 aliphatic rings. The van der Waals surface area contributed by atoms with Gasteiger partial charge in [-0.15, -0.1) is 0 Å². The Balaban J connectivity index is 2.45. The third kappa shape index (κ3) is 3.89. The van der Waals surface area contributed by atoms with Gasteiger partial charge in [0, 0.05) is 23.6 Å². The largest absolute Gasteiger partial charge is 0.329 e. The van der Waals surface area contributed by atoms with E-state index in [0.29, 0.717) is 12.6 Å². The van der Waals surface area contributed by atoms with E-state index in [0.717, 1.165) is 11.0 Å². The van der Waals surface area contributed by atoms with Crippen LogP contribution in [0.3, 0.4) is 0 Å². The molecule has 1 atom stereocenters. The standard InChI is InChI=1S/C10H15BrN2/c1-8(6-12)13-7-9-3-2-4-10(11)5-9/h2-5,8,13H,6-7,12H2,1H3/t8-/m1/s1. The number of hydrogen-bond acceptors (Lipinski definition) is 2. The molecule has 3 N–H and O–H groups in total. The summed E-state index contributed by atoms with van der Waals surface area (Å²) in [5.74, 6) is 0. The van der Waals surface area contributed by atoms with Crippen molar-refractivity contribution in [2.75, 3.05) is 6.54 Å². The van der Waals surface area contributed by atoms with Crippen LogP contribution >= 0.6 is 15.9 Å². The van der Waals surface area contributed by atoms with Crippen molar-refractivity contribution in [2.24, 2.45) is 5.73 Å². The molecule has 1 aromatic carbocycles. The summed E-state index contributed by atoms with van der Waals surface area (Å²) >= 11 is 3.43. The highest BCUT2D eigenvalue weighted by Gasteiger charge is 1.98. The topological polar surface area (TPSA) is 38.0 Å². The van der Waals surface area contributed by atoms with Crippen LogP contribution < -0.4 is 11.1 Å². The molecule has 1 rings (SSSR count). The van der Waals surface area contributed by atoms with E-state index in [1.807, 2.05) is 12.1 Å². The van der Waals surface area contributed by atoms with Gasteiger partial charge >= 0.3 is 0 Å². The fraction of sp³-hybridized carbons (Fsp3) is 0.400. The molecule has 0 saturated heterocycles. The van der Waals surface area contributed by atoms with Crippen molar-refractivity contribution in [1.82, 2.24) is 5.32 Å². The molecule has 3 heteroatoms. The summed E-state index contributed by atoms with van der Waals surface area (Å²) in [7, 11) is 0. The van der Waals surface area contributed by atoms with Crippen LogP contribution in [0.1, 0.15) is 12.5 Å². The molecule has 0 fully saturated rings. The number of nitrogens with two attached hydrogens (primary N) is 1. The minimum atomic E-state index is 0.374. The Morgan fingerprint density at radius 2 is 2.31 bits per heavy atom. The summed E-state index contributed by atoms with van der Waals surface area (Å²) in [5, 5.41) is 3.33. The van der Waals surface area contributed by atoms with E-state index in [2.05, 4.69) is 40.3 Å². The van der Waals surface area contributed by atoms with Crippen molar-refractivity contribution in [1.29, 1.82) is 0 Å². The molecular weight excluding hydrogens is 228 g/mol. The molecule has 2 nitrogen and oxygen atoms in total. The normalized spacial score (nSPS) is 12.8. The van der Waals surface area contributed by atoms with Gasteiger partial charge in [0.1, 0.15) is 0 Å². The quantitative estimate of drug-likeness (QED) is 0.847. The van der Waals surface area contributed by atoms with E-state index >= 15 is 0 Å². The van der Waals surface area contributed by atoms with Gasteiger partial charge in [-0.2, -0.15) is 0 Å². The Kier molecular flexibility index (Phi) is 4.42. The van der Waals surface area contributed by atoms with E-state index in [-0.39, 0.29) is 0 Å². The Bertz CT molecular complexity index is 263. The van der Waals surface area contributed by atoms with Crippen LogP contribution in [0, 0.1) is 0 Å². The molecule has 0 unspecified atom stereocenters. The maximum absolute atomic E-state index is 5.49. The maximum atomic E-state index is 5.49. The fourth-order valence-electron chi connectivity index (χ4n) is 1.02. The zero-order valence-electron chi connectivity index (χ0n) is 7.76. The summed E-state index contributed by atoms with van der Waals surface area (Å²) in [5.41, 5.74) is 6.77. The van der Waals surface area contributed by atoms with Crippen LogP contribution in [0.2, 0.25) is 0 Å². The van der Waals surface area contributed by atoms with Gasteiger partial charge < -0.3 is 11.1 Å². The zero-order chi connectivity index (χ0) is 9.68. The highest BCUT2D eigenvalue weighted by Crippen LogP contribution is 2.11. The van der Waals surface area contributed by atoms with Crippen LogP contribution in [-0.2, 0) is 6.54 Å². The lowest BCUT2D eigenvalue weighted by atomic mass is 10.2. The van der Waals surface area contributed by atoms with E-state index in [1.165, 1.54) is 5.56 Å². The first-order valence-electron chi connectivity index (χ1n) is 4.40. The molecule has 1 aromatic rings. The maximum Gasteiger partial charge on any atom is 0.0208 e. The molecule has 0 radical (unpaired) electrons. The van der Waals surface area contributed by atoms with Crippen LogP contribution in [0.15, 0.2) is 28.7 Å². The third-order valence-corrected chi connectivity index (χ3v) is 2.39. The lowest BCUT2D eigenvalue weighted by molar-refractivity contribution is 0.556. The molecule has 0 bridgehead atoms. The fourth-order valence-corrected chi connectivity index (χ4v) is 1.47. The van der Waals surface area contributed by atoms with E-state index in [4.69, 9.17) is 5.73 Å². The van der Waals surface area contributed by atoms with Crippen molar-refractivity contribution in [3.05, 3.63) is 34.3 Å². The van der Waals surface area contributed by atoms with Crippen molar-refractivity contribution < 1.29 is 0 Å². The minimum Gasteiger partial charge on any atom is -0.329 e. The van der Waals surface area contributed by atoms with Crippen LogP contribution in [0.25, 0.3) is 0 Å². The third-order valence-electron chi connectivity index (χ3n) is 1.90. The van der Waals surface area contributed by atoms with Crippen LogP contribution in [0.5, 0.6) is 0 Å². The Morgan fingerprint density at radius 1 is 1.54 bits per heavy atom. The highest BCUT2D eigenvalue weighted by molar-refractivity contribution is 9.10. The minimum absolute atomic E-state index is 0.374. The molecule has 0 aliphatic heterocycles. The number of benzene rings is 1. The van der Waals surface area contributed by atoms with Crippen molar-refractivity contribution >= 4 is 15.9 Å². The number of nitrogens with one attached hydrogen (secondary N) is 1. The molecule has 13 heavy (non-hydrogen) atoms. The first-order valence-corrected chi connectivity index (χ1v) is 5.19. The molecule has 0 spiro atoms. The van der Waals surface area contributed by atoms with Crippen molar-refractivity contribution in [3.8, 4) is 0 Å². The summed E-state index contributed by atoms with van der Waals surface area (Å²) < 4.78 is 1.12. The lowest BCUT2D eigenvalue weighted by Crippen LogP contribution is -2.32. The second kappa shape index (κ2) is 5.37. The second-order valence-electron chi connectivity index (χ2n) is 3.15. The second-order valence-corrected chi connectivity index (χ2v) is 4.06. The predicted octanol–water partition coefficient (Wildman–Crippen LogP) is 1.89. The molecule has 0 heterocycles. The molecule has 0 aromatic heterocycles. The van der Waals surface area contributed by atoms with Crippen LogP contribution in [0.4, 0.5) is 0 Å². The van der Waals surface area contributed by atoms with Crippen LogP contribution in [-0.4, -0.2) is 12.6 Å². The van der Waals surface area contributed by atoms with Gasteiger partial charge in [-0.3, -0.25) is 0 Å². The number of halogens is 1. The molecule has 72 valence electrons. The van der Waals surface area contributed by atoms with Gasteiger partial charge in [-0.25, -0.2) is 0 Å². The lowest BCUT2D eigenvalue weighted by Gasteiger charge is -2.10. The average Bonchev–Trinajstić information content (AvgIpc) is 2.14. The van der Waals surface area contributed by atoms with E-state index in [9.17, 15) is 0 Å². The summed E-state index contributed by atoms with van der Waals surface area (Å²) in [6.07, 6.45) is 0. The number of rotatable bonds is 4. The smallest absolute Gasteiger partial charge is 0.0208 e. The summed E-state index contributed by atoms with van der Waals surface area (Å²) in [4.78, 5) is 0. The number of hydrogen-bond donors (Lipinski definition) is 2. The molecule has 0 amide bonds. The van der Waals surface area contributed by atoms with E-state index < -0.39 is 0 Å². The first-order chi connectivity index (χ1) is 6.22. The summed E-state index contributed by atoms with van der Waals surface area (Å²) in [6.45, 7) is 3.63. The molecule has 0 saturated carbocycles. The van der Waals surface area contributed by atoms with Gasteiger partial charge in [0.25, 0.3) is 0 Å². The molecule has 0 aliphatic carbocycles. The SMILES string of the molecule is C[C@H](CN)NCc1cccc(Br)c1. The van der Waals surface area contributed by atoms with Crippen molar-refractivity contribution in [3.63, 3.8) is 0 Å².